The monoisotopic (exact) mass is 510 g/mol. The minimum atomic E-state index is -1.99. The number of aromatic nitrogens is 5. The lowest BCUT2D eigenvalue weighted by Gasteiger charge is -2.37. The Morgan fingerprint density at radius 2 is 1.83 bits per heavy atom. The van der Waals surface area contributed by atoms with Crippen molar-refractivity contribution in [3.8, 4) is 6.01 Å². The fourth-order valence-electron chi connectivity index (χ4n) is 3.41. The minimum Gasteiger partial charge on any atom is -0.458 e. The molecule has 0 aliphatic rings. The maximum Gasteiger partial charge on any atom is 0.320 e. The summed E-state index contributed by atoms with van der Waals surface area (Å²) >= 11 is 5.98. The molecule has 3 heterocycles. The van der Waals surface area contributed by atoms with Crippen LogP contribution in [0, 0.1) is 0 Å². The summed E-state index contributed by atoms with van der Waals surface area (Å²) < 4.78 is 14.5. The Kier molecular flexibility index (Phi) is 7.11. The number of fused-ring (bicyclic) bond motifs is 1. The Morgan fingerprint density at radius 1 is 1.09 bits per heavy atom. The van der Waals surface area contributed by atoms with Crippen LogP contribution >= 0.6 is 11.6 Å². The highest BCUT2D eigenvalue weighted by atomic mass is 35.5. The van der Waals surface area contributed by atoms with Gasteiger partial charge in [0.25, 0.3) is 0 Å². The van der Waals surface area contributed by atoms with Crippen LogP contribution in [0.15, 0.2) is 55.0 Å². The number of imidazole rings is 1. The second-order valence-corrected chi connectivity index (χ2v) is 15.2. The standard InChI is InChI=1S/C25H31ClN6O2Si/c1-25(2,3)35(4,5)34-15-19(18-9-7-6-8-10-18)32-16-29-21-22(27)30-24(31-23(21)32)33-14-17-11-12-28-20(26)13-17/h6-13,16,19H,14-15H2,1-5H3,(H2,27,30,31). The van der Waals surface area contributed by atoms with E-state index in [0.29, 0.717) is 22.9 Å². The number of nitrogens with zero attached hydrogens (tertiary/aromatic N) is 5. The molecule has 0 fully saturated rings. The van der Waals surface area contributed by atoms with Crippen LogP contribution in [0.4, 0.5) is 5.82 Å². The van der Waals surface area contributed by atoms with Crippen LogP contribution in [0.2, 0.25) is 23.3 Å². The van der Waals surface area contributed by atoms with Crippen LogP contribution in [0.5, 0.6) is 6.01 Å². The summed E-state index contributed by atoms with van der Waals surface area (Å²) in [6, 6.07) is 13.8. The van der Waals surface area contributed by atoms with Gasteiger partial charge in [0.2, 0.25) is 0 Å². The van der Waals surface area contributed by atoms with E-state index in [9.17, 15) is 0 Å². The zero-order chi connectivity index (χ0) is 25.2. The minimum absolute atomic E-state index is 0.0920. The van der Waals surface area contributed by atoms with Gasteiger partial charge in [0.15, 0.2) is 25.3 Å². The highest BCUT2D eigenvalue weighted by Gasteiger charge is 2.38. The first-order valence-electron chi connectivity index (χ1n) is 11.5. The molecule has 0 spiro atoms. The number of hydrogen-bond acceptors (Lipinski definition) is 7. The summed E-state index contributed by atoms with van der Waals surface area (Å²) in [5, 5.41) is 0.488. The fraction of sp³-hybridized carbons (Fsp3) is 0.360. The van der Waals surface area contributed by atoms with Gasteiger partial charge in [-0.15, -0.1) is 0 Å². The normalized spacial score (nSPS) is 13.2. The Morgan fingerprint density at radius 3 is 2.51 bits per heavy atom. The van der Waals surface area contributed by atoms with Crippen molar-refractivity contribution < 1.29 is 9.16 Å². The first-order chi connectivity index (χ1) is 16.5. The van der Waals surface area contributed by atoms with Gasteiger partial charge in [-0.05, 0) is 41.4 Å². The van der Waals surface area contributed by atoms with Gasteiger partial charge in [-0.1, -0.05) is 62.7 Å². The fourth-order valence-corrected chi connectivity index (χ4v) is 4.61. The van der Waals surface area contributed by atoms with E-state index < -0.39 is 8.32 Å². The summed E-state index contributed by atoms with van der Waals surface area (Å²) in [5.41, 5.74) is 9.30. The Hall–Kier alpha value is -3.01. The van der Waals surface area contributed by atoms with E-state index in [-0.39, 0.29) is 29.5 Å². The average molecular weight is 511 g/mol. The zero-order valence-corrected chi connectivity index (χ0v) is 22.5. The molecular formula is C25H31ClN6O2Si. The van der Waals surface area contributed by atoms with Crippen molar-refractivity contribution in [3.63, 3.8) is 0 Å². The molecule has 1 aromatic carbocycles. The molecule has 0 aliphatic carbocycles. The van der Waals surface area contributed by atoms with Crippen molar-refractivity contribution in [2.45, 2.75) is 51.6 Å². The van der Waals surface area contributed by atoms with Gasteiger partial charge < -0.3 is 19.5 Å². The van der Waals surface area contributed by atoms with Gasteiger partial charge in [-0.25, -0.2) is 9.97 Å². The molecule has 35 heavy (non-hydrogen) atoms. The van der Waals surface area contributed by atoms with Gasteiger partial charge in [0.1, 0.15) is 11.8 Å². The van der Waals surface area contributed by atoms with Crippen LogP contribution in [-0.4, -0.2) is 39.4 Å². The van der Waals surface area contributed by atoms with E-state index in [2.05, 4.69) is 65.9 Å². The van der Waals surface area contributed by atoms with Gasteiger partial charge >= 0.3 is 6.01 Å². The summed E-state index contributed by atoms with van der Waals surface area (Å²) in [6.45, 7) is 11.9. The topological polar surface area (TPSA) is 101 Å². The van der Waals surface area contributed by atoms with E-state index in [0.717, 1.165) is 11.1 Å². The summed E-state index contributed by atoms with van der Waals surface area (Å²) in [4.78, 5) is 17.5. The Labute approximate surface area is 211 Å². The average Bonchev–Trinajstić information content (AvgIpc) is 3.22. The molecule has 4 aromatic rings. The van der Waals surface area contributed by atoms with Gasteiger partial charge in [-0.3, -0.25) is 0 Å². The molecule has 0 amide bonds. The second-order valence-electron chi connectivity index (χ2n) is 9.99. The molecule has 1 unspecified atom stereocenters. The third-order valence-electron chi connectivity index (χ3n) is 6.52. The van der Waals surface area contributed by atoms with Crippen molar-refractivity contribution in [2.75, 3.05) is 12.3 Å². The molecule has 2 N–H and O–H groups in total. The largest absolute Gasteiger partial charge is 0.458 e. The van der Waals surface area contributed by atoms with Crippen molar-refractivity contribution in [3.05, 3.63) is 71.3 Å². The molecule has 3 aromatic heterocycles. The third-order valence-corrected chi connectivity index (χ3v) is 11.2. The smallest absolute Gasteiger partial charge is 0.320 e. The summed E-state index contributed by atoms with van der Waals surface area (Å²) in [5.74, 6) is 0.258. The first-order valence-corrected chi connectivity index (χ1v) is 14.8. The van der Waals surface area contributed by atoms with Crippen molar-refractivity contribution in [1.82, 2.24) is 24.5 Å². The van der Waals surface area contributed by atoms with Crippen molar-refractivity contribution in [2.24, 2.45) is 0 Å². The number of pyridine rings is 1. The number of rotatable bonds is 8. The number of nitrogen functional groups attached to an aromatic ring is 1. The predicted molar refractivity (Wildman–Crippen MR) is 141 cm³/mol. The molecule has 0 saturated carbocycles. The lowest BCUT2D eigenvalue weighted by molar-refractivity contribution is 0.249. The SMILES string of the molecule is CC(C)(C)[Si](C)(C)OCC(c1ccccc1)n1cnc2c(N)nc(OCc3ccnc(Cl)c3)nc21. The lowest BCUT2D eigenvalue weighted by atomic mass is 10.1. The molecule has 8 nitrogen and oxygen atoms in total. The van der Waals surface area contributed by atoms with Crippen molar-refractivity contribution in [1.29, 1.82) is 0 Å². The van der Waals surface area contributed by atoms with E-state index in [1.165, 1.54) is 0 Å². The quantitative estimate of drug-likeness (QED) is 0.241. The Balaban J connectivity index is 1.68. The molecule has 1 atom stereocenters. The molecule has 10 heteroatoms. The molecule has 0 radical (unpaired) electrons. The van der Waals surface area contributed by atoms with Crippen LogP contribution in [0.1, 0.15) is 37.9 Å². The van der Waals surface area contributed by atoms with Crippen molar-refractivity contribution >= 4 is 36.9 Å². The lowest BCUT2D eigenvalue weighted by Crippen LogP contribution is -2.42. The Bertz CT molecular complexity index is 1310. The number of nitrogens with two attached hydrogens (primary N) is 1. The molecule has 184 valence electrons. The van der Waals surface area contributed by atoms with Gasteiger partial charge in [-0.2, -0.15) is 9.97 Å². The van der Waals surface area contributed by atoms with E-state index in [1.54, 1.807) is 18.6 Å². The second kappa shape index (κ2) is 9.92. The molecule has 0 bridgehead atoms. The van der Waals surface area contributed by atoms with Gasteiger partial charge in [0.05, 0.1) is 19.0 Å². The highest BCUT2D eigenvalue weighted by Crippen LogP contribution is 2.38. The van der Waals surface area contributed by atoms with Crippen LogP contribution in [-0.2, 0) is 11.0 Å². The van der Waals surface area contributed by atoms with Crippen LogP contribution in [0.3, 0.4) is 0 Å². The first kappa shape index (κ1) is 25.1. The summed E-state index contributed by atoms with van der Waals surface area (Å²) in [7, 11) is -1.99. The molecule has 0 saturated heterocycles. The highest BCUT2D eigenvalue weighted by molar-refractivity contribution is 6.74. The third kappa shape index (κ3) is 5.63. The van der Waals surface area contributed by atoms with Crippen LogP contribution in [0.25, 0.3) is 11.2 Å². The van der Waals surface area contributed by atoms with E-state index in [1.807, 2.05) is 28.8 Å². The molecule has 4 rings (SSSR count). The number of hydrogen-bond donors (Lipinski definition) is 1. The predicted octanol–water partition coefficient (Wildman–Crippen LogP) is 5.65. The zero-order valence-electron chi connectivity index (χ0n) is 20.7. The summed E-state index contributed by atoms with van der Waals surface area (Å²) in [6.07, 6.45) is 3.37. The molecular weight excluding hydrogens is 480 g/mol. The molecule has 0 aliphatic heterocycles. The number of halogens is 1. The van der Waals surface area contributed by atoms with Crippen LogP contribution < -0.4 is 10.5 Å². The van der Waals surface area contributed by atoms with Gasteiger partial charge in [0, 0.05) is 6.20 Å². The number of benzene rings is 1. The maximum atomic E-state index is 6.63. The maximum absolute atomic E-state index is 6.63. The number of ether oxygens (including phenoxy) is 1. The number of anilines is 1. The van der Waals surface area contributed by atoms with E-state index >= 15 is 0 Å². The van der Waals surface area contributed by atoms with E-state index in [4.69, 9.17) is 26.5 Å².